The first kappa shape index (κ1) is 14.8. The molecule has 2 aromatic heterocycles. The number of nitrogens with zero attached hydrogens (tertiary/aromatic N) is 5. The van der Waals surface area contributed by atoms with Crippen LogP contribution in [0.5, 0.6) is 0 Å². The Morgan fingerprint density at radius 1 is 1.50 bits per heavy atom. The average molecular weight is 340 g/mol. The molecule has 2 aromatic rings. The standard InChI is InChI=1S/C13H18BrN5O/c1-5-19-10(6-7-15-19)8-17(3)13(20)12-11(14)9(2)16-18(12)4/h6-7H,5,8H2,1-4H3. The van der Waals surface area contributed by atoms with E-state index in [1.165, 1.54) is 0 Å². The zero-order valence-electron chi connectivity index (χ0n) is 12.1. The maximum absolute atomic E-state index is 12.5. The predicted molar refractivity (Wildman–Crippen MR) is 79.3 cm³/mol. The van der Waals surface area contributed by atoms with Gasteiger partial charge in [-0.15, -0.1) is 0 Å². The third-order valence-corrected chi connectivity index (χ3v) is 4.15. The molecule has 0 radical (unpaired) electrons. The van der Waals surface area contributed by atoms with Crippen LogP contribution in [0.3, 0.4) is 0 Å². The van der Waals surface area contributed by atoms with Crippen LogP contribution in [-0.4, -0.2) is 37.4 Å². The number of carbonyl (C=O) groups is 1. The molecule has 0 fully saturated rings. The van der Waals surface area contributed by atoms with Crippen LogP contribution in [-0.2, 0) is 20.1 Å². The highest BCUT2D eigenvalue weighted by atomic mass is 79.9. The lowest BCUT2D eigenvalue weighted by atomic mass is 10.3. The molecular formula is C13H18BrN5O. The maximum Gasteiger partial charge on any atom is 0.273 e. The normalized spacial score (nSPS) is 10.8. The van der Waals surface area contributed by atoms with Crippen LogP contribution >= 0.6 is 15.9 Å². The fourth-order valence-corrected chi connectivity index (χ4v) is 2.64. The van der Waals surface area contributed by atoms with E-state index in [0.29, 0.717) is 12.2 Å². The summed E-state index contributed by atoms with van der Waals surface area (Å²) in [5.74, 6) is -0.0659. The Bertz CT molecular complexity index is 631. The molecule has 0 unspecified atom stereocenters. The van der Waals surface area contributed by atoms with Gasteiger partial charge in [-0.1, -0.05) is 0 Å². The fourth-order valence-electron chi connectivity index (χ4n) is 2.14. The summed E-state index contributed by atoms with van der Waals surface area (Å²) in [7, 11) is 3.55. The molecule has 0 bridgehead atoms. The molecule has 0 atom stereocenters. The summed E-state index contributed by atoms with van der Waals surface area (Å²) < 4.78 is 4.24. The van der Waals surface area contributed by atoms with E-state index in [-0.39, 0.29) is 5.91 Å². The molecule has 0 aliphatic carbocycles. The molecule has 0 saturated carbocycles. The molecule has 7 heteroatoms. The summed E-state index contributed by atoms with van der Waals surface area (Å²) in [6, 6.07) is 1.93. The van der Waals surface area contributed by atoms with Gasteiger partial charge in [0.15, 0.2) is 0 Å². The van der Waals surface area contributed by atoms with Gasteiger partial charge in [0, 0.05) is 26.8 Å². The number of carbonyl (C=O) groups excluding carboxylic acids is 1. The fraction of sp³-hybridized carbons (Fsp3) is 0.462. The van der Waals surface area contributed by atoms with Crippen LogP contribution in [0.4, 0.5) is 0 Å². The molecule has 0 aromatic carbocycles. The number of aryl methyl sites for hydroxylation is 3. The monoisotopic (exact) mass is 339 g/mol. The highest BCUT2D eigenvalue weighted by molar-refractivity contribution is 9.10. The second-order valence-corrected chi connectivity index (χ2v) is 5.46. The van der Waals surface area contributed by atoms with Gasteiger partial charge in [-0.05, 0) is 35.8 Å². The average Bonchev–Trinajstić information content (AvgIpc) is 2.94. The third-order valence-electron chi connectivity index (χ3n) is 3.20. The van der Waals surface area contributed by atoms with Gasteiger partial charge >= 0.3 is 0 Å². The van der Waals surface area contributed by atoms with E-state index in [4.69, 9.17) is 0 Å². The number of amides is 1. The van der Waals surface area contributed by atoms with Crippen molar-refractivity contribution in [2.75, 3.05) is 7.05 Å². The number of halogens is 1. The second kappa shape index (κ2) is 5.78. The summed E-state index contributed by atoms with van der Waals surface area (Å²) in [4.78, 5) is 14.2. The van der Waals surface area contributed by atoms with Crippen LogP contribution in [0.1, 0.15) is 28.8 Å². The first-order chi connectivity index (χ1) is 9.45. The van der Waals surface area contributed by atoms with Crippen LogP contribution in [0.15, 0.2) is 16.7 Å². The first-order valence-corrected chi connectivity index (χ1v) is 7.20. The Balaban J connectivity index is 2.21. The molecule has 2 heterocycles. The molecule has 0 aliphatic rings. The highest BCUT2D eigenvalue weighted by Gasteiger charge is 2.22. The van der Waals surface area contributed by atoms with Crippen molar-refractivity contribution in [1.29, 1.82) is 0 Å². The summed E-state index contributed by atoms with van der Waals surface area (Å²) in [6.07, 6.45) is 1.75. The van der Waals surface area contributed by atoms with Gasteiger partial charge in [0.25, 0.3) is 5.91 Å². The highest BCUT2D eigenvalue weighted by Crippen LogP contribution is 2.21. The van der Waals surface area contributed by atoms with Gasteiger partial charge in [0.1, 0.15) is 5.69 Å². The van der Waals surface area contributed by atoms with Crippen molar-refractivity contribution in [3.8, 4) is 0 Å². The van der Waals surface area contributed by atoms with E-state index >= 15 is 0 Å². The number of hydrogen-bond donors (Lipinski definition) is 0. The Morgan fingerprint density at radius 3 is 2.75 bits per heavy atom. The predicted octanol–water partition coefficient (Wildman–Crippen LogP) is 1.98. The smallest absolute Gasteiger partial charge is 0.273 e. The van der Waals surface area contributed by atoms with Crippen LogP contribution in [0.25, 0.3) is 0 Å². The van der Waals surface area contributed by atoms with Crippen molar-refractivity contribution in [1.82, 2.24) is 24.5 Å². The summed E-state index contributed by atoms with van der Waals surface area (Å²) in [6.45, 7) is 5.20. The lowest BCUT2D eigenvalue weighted by molar-refractivity contribution is 0.0769. The molecule has 20 heavy (non-hydrogen) atoms. The molecule has 6 nitrogen and oxygen atoms in total. The Labute approximate surface area is 126 Å². The Hall–Kier alpha value is -1.63. The summed E-state index contributed by atoms with van der Waals surface area (Å²) in [5.41, 5.74) is 2.38. The van der Waals surface area contributed by atoms with E-state index < -0.39 is 0 Å². The largest absolute Gasteiger partial charge is 0.334 e. The maximum atomic E-state index is 12.5. The second-order valence-electron chi connectivity index (χ2n) is 4.67. The van der Waals surface area contributed by atoms with Gasteiger partial charge < -0.3 is 4.90 Å². The van der Waals surface area contributed by atoms with Crippen molar-refractivity contribution < 1.29 is 4.79 Å². The molecular weight excluding hydrogens is 322 g/mol. The zero-order valence-corrected chi connectivity index (χ0v) is 13.7. The van der Waals surface area contributed by atoms with Crippen molar-refractivity contribution in [3.05, 3.63) is 33.8 Å². The number of rotatable bonds is 4. The van der Waals surface area contributed by atoms with Gasteiger partial charge in [-0.3, -0.25) is 14.2 Å². The molecule has 0 aliphatic heterocycles. The van der Waals surface area contributed by atoms with E-state index in [1.807, 2.05) is 24.6 Å². The molecule has 108 valence electrons. The van der Waals surface area contributed by atoms with E-state index in [0.717, 1.165) is 22.4 Å². The van der Waals surface area contributed by atoms with Gasteiger partial charge in [-0.2, -0.15) is 10.2 Å². The minimum absolute atomic E-state index is 0.0659. The van der Waals surface area contributed by atoms with Crippen LogP contribution in [0, 0.1) is 6.92 Å². The molecule has 2 rings (SSSR count). The third kappa shape index (κ3) is 2.63. The van der Waals surface area contributed by atoms with Crippen molar-refractivity contribution in [3.63, 3.8) is 0 Å². The lowest BCUT2D eigenvalue weighted by Gasteiger charge is -2.18. The van der Waals surface area contributed by atoms with E-state index in [2.05, 4.69) is 26.1 Å². The molecule has 0 spiro atoms. The SMILES string of the molecule is CCn1nccc1CN(C)C(=O)c1c(Br)c(C)nn1C. The summed E-state index contributed by atoms with van der Waals surface area (Å²) in [5, 5.41) is 8.46. The van der Waals surface area contributed by atoms with Crippen molar-refractivity contribution in [2.24, 2.45) is 7.05 Å². The van der Waals surface area contributed by atoms with E-state index in [1.54, 1.807) is 29.9 Å². The van der Waals surface area contributed by atoms with Crippen molar-refractivity contribution >= 4 is 21.8 Å². The molecule has 0 saturated heterocycles. The zero-order chi connectivity index (χ0) is 14.9. The minimum atomic E-state index is -0.0659. The summed E-state index contributed by atoms with van der Waals surface area (Å²) >= 11 is 3.43. The number of hydrogen-bond acceptors (Lipinski definition) is 3. The quantitative estimate of drug-likeness (QED) is 0.855. The first-order valence-electron chi connectivity index (χ1n) is 6.41. The van der Waals surface area contributed by atoms with Gasteiger partial charge in [0.05, 0.1) is 22.4 Å². The Kier molecular flexibility index (Phi) is 4.27. The molecule has 0 N–H and O–H groups in total. The van der Waals surface area contributed by atoms with E-state index in [9.17, 15) is 4.79 Å². The van der Waals surface area contributed by atoms with Crippen LogP contribution < -0.4 is 0 Å². The van der Waals surface area contributed by atoms with Crippen LogP contribution in [0.2, 0.25) is 0 Å². The van der Waals surface area contributed by atoms with Gasteiger partial charge in [0.2, 0.25) is 0 Å². The lowest BCUT2D eigenvalue weighted by Crippen LogP contribution is -2.29. The minimum Gasteiger partial charge on any atom is -0.334 e. The molecule has 1 amide bonds. The van der Waals surface area contributed by atoms with Gasteiger partial charge in [-0.25, -0.2) is 0 Å². The number of aromatic nitrogens is 4. The Morgan fingerprint density at radius 2 is 2.20 bits per heavy atom. The topological polar surface area (TPSA) is 56.0 Å². The van der Waals surface area contributed by atoms with Crippen molar-refractivity contribution in [2.45, 2.75) is 26.9 Å².